The van der Waals surface area contributed by atoms with E-state index in [1.54, 1.807) is 18.3 Å². The topological polar surface area (TPSA) is 94.2 Å². The minimum atomic E-state index is -0.569. The molecule has 4 heterocycles. The van der Waals surface area contributed by atoms with Crippen LogP contribution in [0, 0.1) is 5.82 Å². The van der Waals surface area contributed by atoms with Crippen molar-refractivity contribution >= 4 is 5.95 Å². The van der Waals surface area contributed by atoms with Crippen LogP contribution in [0.5, 0.6) is 0 Å². The Kier molecular flexibility index (Phi) is 5.88. The number of aromatic nitrogens is 4. The van der Waals surface area contributed by atoms with E-state index in [4.69, 9.17) is 19.2 Å². The van der Waals surface area contributed by atoms with Crippen molar-refractivity contribution in [1.82, 2.24) is 19.9 Å². The second kappa shape index (κ2) is 9.09. The van der Waals surface area contributed by atoms with Gasteiger partial charge in [0.15, 0.2) is 5.82 Å². The number of anilines is 1. The number of aromatic amines is 1. The van der Waals surface area contributed by atoms with E-state index in [0.29, 0.717) is 48.6 Å². The summed E-state index contributed by atoms with van der Waals surface area (Å²) >= 11 is 0. The zero-order valence-electron chi connectivity index (χ0n) is 17.0. The zero-order chi connectivity index (χ0) is 21.0. The molecule has 0 spiro atoms. The van der Waals surface area contributed by atoms with Crippen LogP contribution in [-0.4, -0.2) is 52.4 Å². The van der Waals surface area contributed by atoms with Gasteiger partial charge in [0.2, 0.25) is 12.2 Å². The smallest absolute Gasteiger partial charge is 0.223 e. The van der Waals surface area contributed by atoms with Gasteiger partial charge in [0.25, 0.3) is 0 Å². The van der Waals surface area contributed by atoms with Gasteiger partial charge in [-0.2, -0.15) is 0 Å². The van der Waals surface area contributed by atoms with E-state index in [1.165, 1.54) is 12.1 Å². The summed E-state index contributed by atoms with van der Waals surface area (Å²) in [4.78, 5) is 17.0. The van der Waals surface area contributed by atoms with E-state index in [0.717, 1.165) is 31.4 Å². The molecule has 9 heteroatoms. The summed E-state index contributed by atoms with van der Waals surface area (Å²) in [7, 11) is 0. The highest BCUT2D eigenvalue weighted by atomic mass is 19.1. The molecular formula is C22H24FN5O3. The van der Waals surface area contributed by atoms with Gasteiger partial charge in [0.05, 0.1) is 36.4 Å². The fourth-order valence-electron chi connectivity index (χ4n) is 3.74. The van der Waals surface area contributed by atoms with Crippen LogP contribution >= 0.6 is 0 Å². The summed E-state index contributed by atoms with van der Waals surface area (Å²) in [6.07, 6.45) is 4.27. The molecule has 0 bridgehead atoms. The van der Waals surface area contributed by atoms with Crippen LogP contribution < -0.4 is 5.32 Å². The summed E-state index contributed by atoms with van der Waals surface area (Å²) in [6, 6.07) is 8.02. The average molecular weight is 425 g/mol. The Morgan fingerprint density at radius 2 is 1.81 bits per heavy atom. The monoisotopic (exact) mass is 425 g/mol. The van der Waals surface area contributed by atoms with Crippen molar-refractivity contribution in [1.29, 1.82) is 0 Å². The summed E-state index contributed by atoms with van der Waals surface area (Å²) in [5.41, 5.74) is 2.78. The third-order valence-electron chi connectivity index (χ3n) is 5.31. The molecular weight excluding hydrogens is 401 g/mol. The van der Waals surface area contributed by atoms with Crippen molar-refractivity contribution in [2.24, 2.45) is 0 Å². The predicted molar refractivity (Wildman–Crippen MR) is 112 cm³/mol. The number of hydrogen-bond acceptors (Lipinski definition) is 7. The molecule has 2 aliphatic heterocycles. The molecule has 1 aromatic carbocycles. The molecule has 162 valence electrons. The maximum Gasteiger partial charge on any atom is 0.223 e. The molecule has 8 nitrogen and oxygen atoms in total. The van der Waals surface area contributed by atoms with Crippen LogP contribution in [0.3, 0.4) is 0 Å². The molecule has 2 N–H and O–H groups in total. The van der Waals surface area contributed by atoms with E-state index in [-0.39, 0.29) is 11.9 Å². The van der Waals surface area contributed by atoms with Gasteiger partial charge in [0, 0.05) is 24.9 Å². The molecule has 0 amide bonds. The maximum absolute atomic E-state index is 13.5. The normalized spacial score (nSPS) is 19.6. The second-order valence-electron chi connectivity index (χ2n) is 7.56. The Morgan fingerprint density at radius 1 is 1.00 bits per heavy atom. The number of imidazole rings is 1. The van der Waals surface area contributed by atoms with Crippen LogP contribution in [0.4, 0.5) is 10.3 Å². The van der Waals surface area contributed by atoms with E-state index in [1.807, 2.05) is 6.07 Å². The van der Waals surface area contributed by atoms with E-state index in [9.17, 15) is 4.39 Å². The van der Waals surface area contributed by atoms with E-state index >= 15 is 0 Å². The second-order valence-corrected chi connectivity index (χ2v) is 7.56. The van der Waals surface area contributed by atoms with Crippen molar-refractivity contribution in [3.05, 3.63) is 48.2 Å². The number of benzene rings is 1. The number of ether oxygens (including phenoxy) is 3. The quantitative estimate of drug-likeness (QED) is 0.622. The van der Waals surface area contributed by atoms with E-state index < -0.39 is 6.29 Å². The predicted octanol–water partition coefficient (Wildman–Crippen LogP) is 3.70. The molecule has 1 atom stereocenters. The molecule has 5 rings (SSSR count). The van der Waals surface area contributed by atoms with Crippen LogP contribution in [0.2, 0.25) is 0 Å². The SMILES string of the molecule is Fc1ccc(-c2nc(C3OCCCO3)[nH]c2-c2ccnc(NCC3CCCO3)n2)cc1. The first-order valence-electron chi connectivity index (χ1n) is 10.5. The maximum atomic E-state index is 13.5. The molecule has 3 aromatic rings. The van der Waals surface area contributed by atoms with Gasteiger partial charge in [-0.3, -0.25) is 0 Å². The summed E-state index contributed by atoms with van der Waals surface area (Å²) < 4.78 is 30.5. The van der Waals surface area contributed by atoms with Gasteiger partial charge < -0.3 is 24.5 Å². The minimum absolute atomic E-state index is 0.182. The van der Waals surface area contributed by atoms with Gasteiger partial charge in [-0.1, -0.05) is 0 Å². The Morgan fingerprint density at radius 3 is 2.58 bits per heavy atom. The van der Waals surface area contributed by atoms with Crippen LogP contribution in [0.15, 0.2) is 36.5 Å². The molecule has 2 saturated heterocycles. The lowest BCUT2D eigenvalue weighted by Gasteiger charge is -2.21. The van der Waals surface area contributed by atoms with Crippen molar-refractivity contribution in [3.8, 4) is 22.6 Å². The number of halogens is 1. The molecule has 2 fully saturated rings. The molecule has 0 radical (unpaired) electrons. The first-order chi connectivity index (χ1) is 15.3. The van der Waals surface area contributed by atoms with Gasteiger partial charge >= 0.3 is 0 Å². The fourth-order valence-corrected chi connectivity index (χ4v) is 3.74. The lowest BCUT2D eigenvalue weighted by molar-refractivity contribution is -0.186. The van der Waals surface area contributed by atoms with Gasteiger partial charge in [-0.05, 0) is 49.6 Å². The summed E-state index contributed by atoms with van der Waals surface area (Å²) in [6.45, 7) is 2.68. The number of rotatable bonds is 6. The Balaban J connectivity index is 1.47. The van der Waals surface area contributed by atoms with Gasteiger partial charge in [0.1, 0.15) is 5.82 Å². The lowest BCUT2D eigenvalue weighted by Crippen LogP contribution is -2.19. The van der Waals surface area contributed by atoms with Crippen LogP contribution in [0.25, 0.3) is 22.6 Å². The van der Waals surface area contributed by atoms with Gasteiger partial charge in [-0.15, -0.1) is 0 Å². The average Bonchev–Trinajstić information content (AvgIpc) is 3.49. The molecule has 0 aliphatic carbocycles. The summed E-state index contributed by atoms with van der Waals surface area (Å²) in [5.74, 6) is 0.767. The van der Waals surface area contributed by atoms with Crippen LogP contribution in [-0.2, 0) is 14.2 Å². The number of hydrogen-bond donors (Lipinski definition) is 2. The molecule has 31 heavy (non-hydrogen) atoms. The zero-order valence-corrected chi connectivity index (χ0v) is 17.0. The van der Waals surface area contributed by atoms with Crippen molar-refractivity contribution in [3.63, 3.8) is 0 Å². The lowest BCUT2D eigenvalue weighted by atomic mass is 10.1. The summed E-state index contributed by atoms with van der Waals surface area (Å²) in [5, 5.41) is 3.25. The molecule has 1 unspecified atom stereocenters. The number of H-pyrrole nitrogens is 1. The van der Waals surface area contributed by atoms with Crippen molar-refractivity contribution in [2.45, 2.75) is 31.7 Å². The molecule has 2 aliphatic rings. The third kappa shape index (κ3) is 4.58. The fraction of sp³-hybridized carbons (Fsp3) is 0.409. The number of nitrogens with zero attached hydrogens (tertiary/aromatic N) is 3. The highest BCUT2D eigenvalue weighted by Gasteiger charge is 2.24. The van der Waals surface area contributed by atoms with Crippen LogP contribution in [0.1, 0.15) is 31.4 Å². The van der Waals surface area contributed by atoms with Gasteiger partial charge in [-0.25, -0.2) is 19.3 Å². The molecule has 0 saturated carbocycles. The van der Waals surface area contributed by atoms with E-state index in [2.05, 4.69) is 20.3 Å². The highest BCUT2D eigenvalue weighted by Crippen LogP contribution is 2.32. The minimum Gasteiger partial charge on any atom is -0.376 e. The largest absolute Gasteiger partial charge is 0.376 e. The third-order valence-corrected chi connectivity index (χ3v) is 5.31. The first kappa shape index (κ1) is 20.0. The Labute approximate surface area is 179 Å². The number of nitrogens with one attached hydrogen (secondary N) is 2. The standard InChI is InChI=1S/C22H24FN5O3/c23-15-6-4-14(5-7-15)18-19(28-20(27-18)21-30-11-2-12-31-21)17-8-9-24-22(26-17)25-13-16-3-1-10-29-16/h4-9,16,21H,1-3,10-13H2,(H,27,28)(H,24,25,26). The Hall–Kier alpha value is -2.88. The first-order valence-corrected chi connectivity index (χ1v) is 10.5. The molecule has 2 aromatic heterocycles. The Bertz CT molecular complexity index is 1010. The van der Waals surface area contributed by atoms with Crippen molar-refractivity contribution in [2.75, 3.05) is 31.7 Å². The highest BCUT2D eigenvalue weighted by molar-refractivity contribution is 5.77. The van der Waals surface area contributed by atoms with Crippen molar-refractivity contribution < 1.29 is 18.6 Å².